The van der Waals surface area contributed by atoms with Gasteiger partial charge in [-0.3, -0.25) is 9.69 Å². The zero-order valence-electron chi connectivity index (χ0n) is 21.6. The largest absolute Gasteiger partial charge is 0.383 e. The van der Waals surface area contributed by atoms with E-state index >= 15 is 0 Å². The second kappa shape index (κ2) is 13.9. The van der Waals surface area contributed by atoms with E-state index in [9.17, 15) is 4.79 Å². The fourth-order valence-electron chi connectivity index (χ4n) is 4.08. The molecule has 1 aliphatic heterocycles. The molecule has 1 N–H and O–H groups in total. The van der Waals surface area contributed by atoms with Crippen molar-refractivity contribution in [1.29, 1.82) is 0 Å². The van der Waals surface area contributed by atoms with Crippen LogP contribution < -0.4 is 10.2 Å². The molecule has 1 fully saturated rings. The minimum Gasteiger partial charge on any atom is -0.383 e. The van der Waals surface area contributed by atoms with Gasteiger partial charge in [0, 0.05) is 69.5 Å². The van der Waals surface area contributed by atoms with E-state index in [2.05, 4.69) is 62.6 Å². The first-order chi connectivity index (χ1) is 18.1. The number of carbonyl (C=O) groups excluding carboxylic acids is 1. The SMILES string of the molecule is COCCNC(=O)c1ccc(CSc2nc(C)cc(N3CCN(CC=Cc4ccccc4)CC3)n2)cc1. The molecule has 37 heavy (non-hydrogen) atoms. The van der Waals surface area contributed by atoms with Crippen molar-refractivity contribution in [3.8, 4) is 0 Å². The maximum atomic E-state index is 12.2. The first-order valence-electron chi connectivity index (χ1n) is 12.6. The zero-order valence-corrected chi connectivity index (χ0v) is 22.4. The molecule has 2 aromatic carbocycles. The molecule has 0 aliphatic carbocycles. The number of hydrogen-bond acceptors (Lipinski definition) is 7. The molecule has 7 nitrogen and oxygen atoms in total. The van der Waals surface area contributed by atoms with Gasteiger partial charge in [0.1, 0.15) is 5.82 Å². The van der Waals surface area contributed by atoms with Crippen molar-refractivity contribution in [1.82, 2.24) is 20.2 Å². The van der Waals surface area contributed by atoms with Crippen LogP contribution in [0.15, 0.2) is 71.9 Å². The molecule has 0 saturated carbocycles. The predicted molar refractivity (Wildman–Crippen MR) is 151 cm³/mol. The van der Waals surface area contributed by atoms with E-state index in [0.29, 0.717) is 18.7 Å². The number of aromatic nitrogens is 2. The van der Waals surface area contributed by atoms with Crippen LogP contribution in [0, 0.1) is 6.92 Å². The van der Waals surface area contributed by atoms with Crippen LogP contribution in [0.2, 0.25) is 0 Å². The lowest BCUT2D eigenvalue weighted by molar-refractivity contribution is 0.0937. The van der Waals surface area contributed by atoms with Crippen molar-refractivity contribution in [3.05, 3.63) is 89.1 Å². The Labute approximate surface area is 224 Å². The molecule has 0 radical (unpaired) electrons. The van der Waals surface area contributed by atoms with Gasteiger partial charge in [-0.1, -0.05) is 66.4 Å². The Hall–Kier alpha value is -3.20. The van der Waals surface area contributed by atoms with Crippen LogP contribution in [0.3, 0.4) is 0 Å². The van der Waals surface area contributed by atoms with Gasteiger partial charge in [0.05, 0.1) is 6.61 Å². The van der Waals surface area contributed by atoms with Crippen molar-refractivity contribution in [2.24, 2.45) is 0 Å². The van der Waals surface area contributed by atoms with Gasteiger partial charge < -0.3 is 15.0 Å². The fraction of sp³-hybridized carbons (Fsp3) is 0.345. The first-order valence-corrected chi connectivity index (χ1v) is 13.6. The number of methoxy groups -OCH3 is 1. The minimum absolute atomic E-state index is 0.0878. The molecule has 1 saturated heterocycles. The molecule has 0 spiro atoms. The second-order valence-corrected chi connectivity index (χ2v) is 9.93. The Morgan fingerprint density at radius 2 is 1.81 bits per heavy atom. The van der Waals surface area contributed by atoms with Crippen molar-refractivity contribution in [2.75, 3.05) is 57.9 Å². The highest BCUT2D eigenvalue weighted by Gasteiger charge is 2.18. The number of benzene rings is 2. The van der Waals surface area contributed by atoms with E-state index in [1.165, 1.54) is 5.56 Å². The summed E-state index contributed by atoms with van der Waals surface area (Å²) in [5.74, 6) is 1.66. The Balaban J connectivity index is 1.26. The standard InChI is InChI=1S/C29H35N5O2S/c1-23-21-27(34-18-16-33(17-19-34)15-6-9-24-7-4-3-5-8-24)32-29(31-23)37-22-25-10-12-26(13-11-25)28(35)30-14-20-36-2/h3-13,21H,14-20,22H2,1-2H3,(H,30,35). The third-order valence-corrected chi connectivity index (χ3v) is 7.08. The fourth-order valence-corrected chi connectivity index (χ4v) is 4.94. The summed E-state index contributed by atoms with van der Waals surface area (Å²) in [7, 11) is 1.62. The summed E-state index contributed by atoms with van der Waals surface area (Å²) in [6.45, 7) is 7.91. The highest BCUT2D eigenvalue weighted by Crippen LogP contribution is 2.24. The Bertz CT molecular complexity index is 1160. The quantitative estimate of drug-likeness (QED) is 0.231. The lowest BCUT2D eigenvalue weighted by atomic mass is 10.1. The molecule has 4 rings (SSSR count). The number of hydrogen-bond donors (Lipinski definition) is 1. The summed E-state index contributed by atoms with van der Waals surface area (Å²) < 4.78 is 4.97. The number of aryl methyl sites for hydroxylation is 1. The minimum atomic E-state index is -0.0878. The molecular formula is C29H35N5O2S. The normalized spacial score (nSPS) is 14.3. The number of piperazine rings is 1. The third-order valence-electron chi connectivity index (χ3n) is 6.17. The maximum Gasteiger partial charge on any atom is 0.251 e. The summed E-state index contributed by atoms with van der Waals surface area (Å²) in [4.78, 5) is 26.5. The Morgan fingerprint density at radius 1 is 1.05 bits per heavy atom. The molecule has 2 heterocycles. The number of nitrogens with zero attached hydrogens (tertiary/aromatic N) is 4. The van der Waals surface area contributed by atoms with Crippen LogP contribution in [0.4, 0.5) is 5.82 Å². The van der Waals surface area contributed by atoms with E-state index in [1.807, 2.05) is 37.3 Å². The average molecular weight is 518 g/mol. The van der Waals surface area contributed by atoms with Crippen molar-refractivity contribution in [3.63, 3.8) is 0 Å². The van der Waals surface area contributed by atoms with Gasteiger partial charge in [-0.2, -0.15) is 0 Å². The third kappa shape index (κ3) is 8.42. The van der Waals surface area contributed by atoms with Crippen LogP contribution in [-0.4, -0.2) is 73.8 Å². The number of anilines is 1. The van der Waals surface area contributed by atoms with Gasteiger partial charge in [-0.15, -0.1) is 0 Å². The number of rotatable bonds is 11. The summed E-state index contributed by atoms with van der Waals surface area (Å²) in [6, 6.07) is 20.2. The smallest absolute Gasteiger partial charge is 0.251 e. The lowest BCUT2D eigenvalue weighted by Gasteiger charge is -2.35. The number of carbonyl (C=O) groups is 1. The zero-order chi connectivity index (χ0) is 25.9. The van der Waals surface area contributed by atoms with Crippen LogP contribution >= 0.6 is 11.8 Å². The maximum absolute atomic E-state index is 12.2. The molecule has 1 aliphatic rings. The molecule has 0 bridgehead atoms. The van der Waals surface area contributed by atoms with Gasteiger partial charge in [-0.05, 0) is 30.2 Å². The van der Waals surface area contributed by atoms with Crippen LogP contribution in [0.25, 0.3) is 6.08 Å². The molecule has 8 heteroatoms. The molecule has 194 valence electrons. The van der Waals surface area contributed by atoms with Crippen molar-refractivity contribution >= 4 is 29.6 Å². The average Bonchev–Trinajstić information content (AvgIpc) is 2.93. The van der Waals surface area contributed by atoms with Crippen molar-refractivity contribution in [2.45, 2.75) is 17.8 Å². The van der Waals surface area contributed by atoms with Gasteiger partial charge in [-0.25, -0.2) is 9.97 Å². The first kappa shape index (κ1) is 26.9. The number of thioether (sulfide) groups is 1. The number of ether oxygens (including phenoxy) is 1. The Kier molecular flexibility index (Phi) is 10.1. The van der Waals surface area contributed by atoms with E-state index < -0.39 is 0 Å². The van der Waals surface area contributed by atoms with E-state index in [4.69, 9.17) is 9.72 Å². The van der Waals surface area contributed by atoms with E-state index in [-0.39, 0.29) is 5.91 Å². The molecular weight excluding hydrogens is 482 g/mol. The van der Waals surface area contributed by atoms with E-state index in [0.717, 1.165) is 60.7 Å². The van der Waals surface area contributed by atoms with Gasteiger partial charge >= 0.3 is 0 Å². The van der Waals surface area contributed by atoms with Gasteiger partial charge in [0.2, 0.25) is 0 Å². The summed E-state index contributed by atoms with van der Waals surface area (Å²) >= 11 is 1.62. The van der Waals surface area contributed by atoms with Crippen LogP contribution in [0.1, 0.15) is 27.2 Å². The summed E-state index contributed by atoms with van der Waals surface area (Å²) in [5.41, 5.74) is 3.99. The van der Waals surface area contributed by atoms with Gasteiger partial charge in [0.25, 0.3) is 5.91 Å². The molecule has 0 unspecified atom stereocenters. The van der Waals surface area contributed by atoms with E-state index in [1.54, 1.807) is 18.9 Å². The highest BCUT2D eigenvalue weighted by atomic mass is 32.2. The number of nitrogens with one attached hydrogen (secondary N) is 1. The van der Waals surface area contributed by atoms with Crippen LogP contribution in [-0.2, 0) is 10.5 Å². The molecule has 3 aromatic rings. The molecule has 0 atom stereocenters. The second-order valence-electron chi connectivity index (χ2n) is 8.99. The number of amides is 1. The Morgan fingerprint density at radius 3 is 2.54 bits per heavy atom. The summed E-state index contributed by atoms with van der Waals surface area (Å²) in [5, 5.41) is 3.62. The monoisotopic (exact) mass is 517 g/mol. The molecule has 1 aromatic heterocycles. The van der Waals surface area contributed by atoms with Crippen LogP contribution in [0.5, 0.6) is 0 Å². The summed E-state index contributed by atoms with van der Waals surface area (Å²) in [6.07, 6.45) is 4.43. The topological polar surface area (TPSA) is 70.6 Å². The van der Waals surface area contributed by atoms with Crippen molar-refractivity contribution < 1.29 is 9.53 Å². The predicted octanol–water partition coefficient (Wildman–Crippen LogP) is 4.29. The molecule has 1 amide bonds. The van der Waals surface area contributed by atoms with Gasteiger partial charge in [0.15, 0.2) is 5.16 Å². The lowest BCUT2D eigenvalue weighted by Crippen LogP contribution is -2.46. The highest BCUT2D eigenvalue weighted by molar-refractivity contribution is 7.98.